The molecule has 2 heteroatoms. The normalized spacial score (nSPS) is 28.5. The van der Waals surface area contributed by atoms with Crippen LogP contribution in [-0.4, -0.2) is 0 Å². The van der Waals surface area contributed by atoms with E-state index in [2.05, 4.69) is 13.0 Å². The third kappa shape index (κ3) is 4.43. The number of allylic oxidation sites excluding steroid dienone is 2. The fourth-order valence-electron chi connectivity index (χ4n) is 4.20. The van der Waals surface area contributed by atoms with E-state index in [0.29, 0.717) is 0 Å². The largest absolute Gasteiger partial charge is 0.204 e. The van der Waals surface area contributed by atoms with E-state index >= 15 is 0 Å². The Morgan fingerprint density at radius 2 is 1.65 bits per heavy atom. The minimum absolute atomic E-state index is 0.739. The molecule has 1 aromatic carbocycles. The van der Waals surface area contributed by atoms with E-state index < -0.39 is 11.6 Å². The second-order valence-electron chi connectivity index (χ2n) is 7.70. The maximum absolute atomic E-state index is 13.4. The van der Waals surface area contributed by atoms with Crippen molar-refractivity contribution in [1.82, 2.24) is 0 Å². The van der Waals surface area contributed by atoms with Gasteiger partial charge in [-0.3, -0.25) is 0 Å². The van der Waals surface area contributed by atoms with Crippen LogP contribution in [0.4, 0.5) is 8.78 Å². The van der Waals surface area contributed by atoms with Crippen LogP contribution in [0.3, 0.4) is 0 Å². The third-order valence-corrected chi connectivity index (χ3v) is 5.93. The van der Waals surface area contributed by atoms with E-state index in [0.717, 1.165) is 36.2 Å². The van der Waals surface area contributed by atoms with Crippen LogP contribution in [0.1, 0.15) is 70.3 Å². The van der Waals surface area contributed by atoms with Crippen LogP contribution in [0.25, 0.3) is 5.57 Å². The van der Waals surface area contributed by atoms with E-state index in [1.807, 2.05) is 0 Å². The van der Waals surface area contributed by atoms with Crippen LogP contribution in [0.15, 0.2) is 24.3 Å². The molecular formula is C21H28F2. The first kappa shape index (κ1) is 16.7. The van der Waals surface area contributed by atoms with Crippen molar-refractivity contribution in [2.75, 3.05) is 0 Å². The molecule has 1 unspecified atom stereocenters. The van der Waals surface area contributed by atoms with E-state index in [4.69, 9.17) is 0 Å². The average molecular weight is 318 g/mol. The van der Waals surface area contributed by atoms with Gasteiger partial charge < -0.3 is 0 Å². The van der Waals surface area contributed by atoms with E-state index in [1.54, 1.807) is 6.07 Å². The molecule has 23 heavy (non-hydrogen) atoms. The molecule has 1 aromatic rings. The molecule has 0 nitrogen and oxygen atoms in total. The van der Waals surface area contributed by atoms with Crippen molar-refractivity contribution in [3.63, 3.8) is 0 Å². The van der Waals surface area contributed by atoms with Gasteiger partial charge >= 0.3 is 0 Å². The van der Waals surface area contributed by atoms with Gasteiger partial charge in [-0.1, -0.05) is 51.2 Å². The van der Waals surface area contributed by atoms with E-state index in [1.165, 1.54) is 62.7 Å². The van der Waals surface area contributed by atoms with Crippen molar-refractivity contribution in [2.24, 2.45) is 17.8 Å². The molecule has 0 aromatic heterocycles. The fourth-order valence-corrected chi connectivity index (χ4v) is 4.20. The quantitative estimate of drug-likeness (QED) is 0.575. The molecule has 1 fully saturated rings. The molecule has 0 spiro atoms. The van der Waals surface area contributed by atoms with Gasteiger partial charge in [-0.2, -0.15) is 0 Å². The Morgan fingerprint density at radius 3 is 2.30 bits per heavy atom. The minimum Gasteiger partial charge on any atom is -0.204 e. The second-order valence-corrected chi connectivity index (χ2v) is 7.70. The monoisotopic (exact) mass is 318 g/mol. The van der Waals surface area contributed by atoms with Crippen molar-refractivity contribution >= 4 is 5.57 Å². The van der Waals surface area contributed by atoms with E-state index in [-0.39, 0.29) is 0 Å². The highest BCUT2D eigenvalue weighted by molar-refractivity contribution is 5.66. The molecule has 0 amide bonds. The Kier molecular flexibility index (Phi) is 5.50. The van der Waals surface area contributed by atoms with Crippen LogP contribution < -0.4 is 0 Å². The lowest BCUT2D eigenvalue weighted by molar-refractivity contribution is 0.257. The van der Waals surface area contributed by atoms with Gasteiger partial charge in [0.25, 0.3) is 0 Å². The molecule has 3 rings (SSSR count). The Balaban J connectivity index is 1.49. The molecule has 0 heterocycles. The zero-order chi connectivity index (χ0) is 16.2. The van der Waals surface area contributed by atoms with Crippen LogP contribution in [0.2, 0.25) is 0 Å². The van der Waals surface area contributed by atoms with Gasteiger partial charge in [0.05, 0.1) is 0 Å². The van der Waals surface area contributed by atoms with Crippen molar-refractivity contribution in [2.45, 2.75) is 64.7 Å². The summed E-state index contributed by atoms with van der Waals surface area (Å²) in [6.45, 7) is 2.38. The molecule has 126 valence electrons. The summed E-state index contributed by atoms with van der Waals surface area (Å²) in [5.74, 6) is 1.16. The summed E-state index contributed by atoms with van der Waals surface area (Å²) in [5.41, 5.74) is 2.04. The highest BCUT2D eigenvalue weighted by atomic mass is 19.2. The van der Waals surface area contributed by atoms with Crippen LogP contribution >= 0.6 is 0 Å². The molecule has 0 saturated heterocycles. The summed E-state index contributed by atoms with van der Waals surface area (Å²) in [7, 11) is 0. The van der Waals surface area contributed by atoms with Gasteiger partial charge in [-0.15, -0.1) is 0 Å². The highest BCUT2D eigenvalue weighted by Crippen LogP contribution is 2.36. The van der Waals surface area contributed by atoms with Crippen molar-refractivity contribution in [3.8, 4) is 0 Å². The topological polar surface area (TPSA) is 0 Å². The Bertz CT molecular complexity index is 553. The third-order valence-electron chi connectivity index (χ3n) is 5.93. The predicted octanol–water partition coefficient (Wildman–Crippen LogP) is 6.75. The first-order chi connectivity index (χ1) is 11.1. The number of rotatable bonds is 4. The lowest BCUT2D eigenvalue weighted by Gasteiger charge is -2.28. The molecule has 0 bridgehead atoms. The molecule has 1 atom stereocenters. The van der Waals surface area contributed by atoms with Gasteiger partial charge in [0, 0.05) is 0 Å². The summed E-state index contributed by atoms with van der Waals surface area (Å²) in [6, 6.07) is 4.28. The number of benzene rings is 1. The molecule has 1 saturated carbocycles. The zero-order valence-corrected chi connectivity index (χ0v) is 14.2. The molecule has 0 aliphatic heterocycles. The van der Waals surface area contributed by atoms with Crippen molar-refractivity contribution in [1.29, 1.82) is 0 Å². The van der Waals surface area contributed by atoms with Crippen LogP contribution in [0.5, 0.6) is 0 Å². The number of halogens is 2. The zero-order valence-electron chi connectivity index (χ0n) is 14.2. The molecular weight excluding hydrogens is 290 g/mol. The lowest BCUT2D eigenvalue weighted by Crippen LogP contribution is -2.14. The first-order valence-corrected chi connectivity index (χ1v) is 9.26. The van der Waals surface area contributed by atoms with Gasteiger partial charge in [0.15, 0.2) is 11.6 Å². The lowest BCUT2D eigenvalue weighted by atomic mass is 9.77. The fraction of sp³-hybridized carbons (Fsp3) is 0.619. The maximum atomic E-state index is 13.4. The molecule has 0 radical (unpaired) electrons. The summed E-state index contributed by atoms with van der Waals surface area (Å²) in [6.07, 6.45) is 13.9. The maximum Gasteiger partial charge on any atom is 0.159 e. The predicted molar refractivity (Wildman–Crippen MR) is 92.0 cm³/mol. The SMILES string of the molecule is CC1CCC(CCC2CC=C(c3ccc(F)c(F)c3)CC2)CC1. The Morgan fingerprint density at radius 1 is 0.913 bits per heavy atom. The smallest absolute Gasteiger partial charge is 0.159 e. The molecule has 0 N–H and O–H groups in total. The molecule has 2 aliphatic rings. The Hall–Kier alpha value is -1.18. The minimum atomic E-state index is -0.759. The van der Waals surface area contributed by atoms with Gasteiger partial charge in [-0.05, 0) is 66.7 Å². The summed E-state index contributed by atoms with van der Waals surface area (Å²) in [4.78, 5) is 0. The average Bonchev–Trinajstić information content (AvgIpc) is 2.57. The molecule has 2 aliphatic carbocycles. The summed E-state index contributed by atoms with van der Waals surface area (Å²) >= 11 is 0. The Labute approximate surface area is 139 Å². The summed E-state index contributed by atoms with van der Waals surface area (Å²) in [5, 5.41) is 0. The standard InChI is InChI=1S/C21H28F2/c1-15-2-4-16(5-3-15)6-7-17-8-10-18(11-9-17)19-12-13-20(22)21(23)14-19/h10,12-17H,2-9,11H2,1H3. The second kappa shape index (κ2) is 7.59. The number of hydrogen-bond donors (Lipinski definition) is 0. The van der Waals surface area contributed by atoms with Crippen molar-refractivity contribution < 1.29 is 8.78 Å². The van der Waals surface area contributed by atoms with Gasteiger partial charge in [0.2, 0.25) is 0 Å². The van der Waals surface area contributed by atoms with Crippen molar-refractivity contribution in [3.05, 3.63) is 41.5 Å². The van der Waals surface area contributed by atoms with E-state index in [9.17, 15) is 8.78 Å². The van der Waals surface area contributed by atoms with Crippen LogP contribution in [-0.2, 0) is 0 Å². The number of hydrogen-bond acceptors (Lipinski definition) is 0. The van der Waals surface area contributed by atoms with Crippen LogP contribution in [0, 0.1) is 29.4 Å². The summed E-state index contributed by atoms with van der Waals surface area (Å²) < 4.78 is 26.4. The van der Waals surface area contributed by atoms with Gasteiger partial charge in [0.1, 0.15) is 0 Å². The first-order valence-electron chi connectivity index (χ1n) is 9.26. The highest BCUT2D eigenvalue weighted by Gasteiger charge is 2.21. The van der Waals surface area contributed by atoms with Gasteiger partial charge in [-0.25, -0.2) is 8.78 Å².